The van der Waals surface area contributed by atoms with E-state index < -0.39 is 0 Å². The summed E-state index contributed by atoms with van der Waals surface area (Å²) < 4.78 is 19.4. The van der Waals surface area contributed by atoms with Crippen molar-refractivity contribution in [1.82, 2.24) is 15.2 Å². The monoisotopic (exact) mass is 359 g/mol. The lowest BCUT2D eigenvalue weighted by atomic mass is 10.0. The highest BCUT2D eigenvalue weighted by molar-refractivity contribution is 5.76. The molecule has 5 nitrogen and oxygen atoms in total. The lowest BCUT2D eigenvalue weighted by Crippen LogP contribution is -2.44. The van der Waals surface area contributed by atoms with Gasteiger partial charge in [0.1, 0.15) is 5.82 Å². The summed E-state index contributed by atoms with van der Waals surface area (Å²) in [6.45, 7) is 5.42. The topological polar surface area (TPSA) is 58.4 Å². The smallest absolute Gasteiger partial charge is 0.220 e. The van der Waals surface area contributed by atoms with Crippen molar-refractivity contribution in [2.45, 2.75) is 45.1 Å². The molecule has 0 bridgehead atoms. The second-order valence-electron chi connectivity index (χ2n) is 6.78. The number of carbonyl (C=O) groups is 1. The van der Waals surface area contributed by atoms with E-state index in [1.165, 1.54) is 18.7 Å². The first-order chi connectivity index (χ1) is 12.7. The third-order valence-electron chi connectivity index (χ3n) is 4.75. The number of nitrogens with zero attached hydrogens (tertiary/aromatic N) is 2. The van der Waals surface area contributed by atoms with Crippen LogP contribution in [-0.2, 0) is 11.2 Å². The molecule has 26 heavy (non-hydrogen) atoms. The Morgan fingerprint density at radius 3 is 2.85 bits per heavy atom. The predicted octanol–water partition coefficient (Wildman–Crippen LogP) is 3.40. The fraction of sp³-hybridized carbons (Fsp3) is 0.500. The first-order valence-electron chi connectivity index (χ1n) is 9.37. The van der Waals surface area contributed by atoms with Gasteiger partial charge in [-0.15, -0.1) is 0 Å². The van der Waals surface area contributed by atoms with E-state index in [2.05, 4.69) is 22.1 Å². The molecule has 1 aromatic heterocycles. The van der Waals surface area contributed by atoms with Gasteiger partial charge in [-0.1, -0.05) is 19.1 Å². The summed E-state index contributed by atoms with van der Waals surface area (Å²) in [5, 5.41) is 3.10. The number of hydrogen-bond donors (Lipinski definition) is 1. The number of nitrogens with one attached hydrogen (secondary N) is 1. The standard InChI is InChI=1S/C20H26FN3O2/c1-2-11-24-12-9-15(10-13-24)23-19(25)7-8-20-22-14-18(26-20)16-5-3-4-6-17(16)21/h3-6,14-15H,2,7-13H2,1H3,(H,23,25). The van der Waals surface area contributed by atoms with Gasteiger partial charge in [-0.05, 0) is 37.9 Å². The number of hydrogen-bond acceptors (Lipinski definition) is 4. The maximum Gasteiger partial charge on any atom is 0.220 e. The Balaban J connectivity index is 1.45. The SMILES string of the molecule is CCCN1CCC(NC(=O)CCc2ncc(-c3ccccc3F)o2)CC1. The Hall–Kier alpha value is -2.21. The minimum Gasteiger partial charge on any atom is -0.441 e. The second-order valence-corrected chi connectivity index (χ2v) is 6.78. The second kappa shape index (κ2) is 8.94. The van der Waals surface area contributed by atoms with Gasteiger partial charge in [-0.3, -0.25) is 4.79 Å². The van der Waals surface area contributed by atoms with Crippen molar-refractivity contribution in [3.8, 4) is 11.3 Å². The number of benzene rings is 1. The molecular weight excluding hydrogens is 333 g/mol. The van der Waals surface area contributed by atoms with Crippen LogP contribution in [0.15, 0.2) is 34.9 Å². The molecule has 1 fully saturated rings. The lowest BCUT2D eigenvalue weighted by Gasteiger charge is -2.32. The van der Waals surface area contributed by atoms with E-state index in [4.69, 9.17) is 4.42 Å². The van der Waals surface area contributed by atoms with Crippen LogP contribution in [0.3, 0.4) is 0 Å². The number of aryl methyl sites for hydroxylation is 1. The summed E-state index contributed by atoms with van der Waals surface area (Å²) in [7, 11) is 0. The fourth-order valence-electron chi connectivity index (χ4n) is 3.35. The molecule has 1 aliphatic heterocycles. The molecular formula is C20H26FN3O2. The molecule has 2 aromatic rings. The van der Waals surface area contributed by atoms with Gasteiger partial charge in [0.15, 0.2) is 11.7 Å². The maximum absolute atomic E-state index is 13.8. The van der Waals surface area contributed by atoms with Gasteiger partial charge in [0, 0.05) is 32.0 Å². The van der Waals surface area contributed by atoms with Crippen molar-refractivity contribution in [1.29, 1.82) is 0 Å². The van der Waals surface area contributed by atoms with Gasteiger partial charge < -0.3 is 14.6 Å². The van der Waals surface area contributed by atoms with Crippen molar-refractivity contribution in [2.75, 3.05) is 19.6 Å². The highest BCUT2D eigenvalue weighted by atomic mass is 19.1. The van der Waals surface area contributed by atoms with E-state index in [-0.39, 0.29) is 17.8 Å². The Morgan fingerprint density at radius 1 is 1.35 bits per heavy atom. The zero-order chi connectivity index (χ0) is 18.4. The van der Waals surface area contributed by atoms with Gasteiger partial charge >= 0.3 is 0 Å². The molecule has 1 saturated heterocycles. The van der Waals surface area contributed by atoms with Crippen molar-refractivity contribution in [2.24, 2.45) is 0 Å². The number of carbonyl (C=O) groups excluding carboxylic acids is 1. The first-order valence-corrected chi connectivity index (χ1v) is 9.37. The van der Waals surface area contributed by atoms with Crippen molar-refractivity contribution in [3.63, 3.8) is 0 Å². The number of rotatable bonds is 7. The van der Waals surface area contributed by atoms with Crippen LogP contribution in [0.4, 0.5) is 4.39 Å². The van der Waals surface area contributed by atoms with E-state index in [1.807, 2.05) is 0 Å². The molecule has 1 aromatic carbocycles. The van der Waals surface area contributed by atoms with Crippen LogP contribution >= 0.6 is 0 Å². The van der Waals surface area contributed by atoms with E-state index in [1.54, 1.807) is 18.2 Å². The zero-order valence-corrected chi connectivity index (χ0v) is 15.2. The van der Waals surface area contributed by atoms with Crippen molar-refractivity contribution < 1.29 is 13.6 Å². The van der Waals surface area contributed by atoms with E-state index in [0.717, 1.165) is 32.5 Å². The van der Waals surface area contributed by atoms with Crippen LogP contribution in [-0.4, -0.2) is 41.5 Å². The lowest BCUT2D eigenvalue weighted by molar-refractivity contribution is -0.122. The van der Waals surface area contributed by atoms with E-state index in [0.29, 0.717) is 30.1 Å². The van der Waals surface area contributed by atoms with Crippen LogP contribution in [0.25, 0.3) is 11.3 Å². The molecule has 140 valence electrons. The molecule has 2 heterocycles. The normalized spacial score (nSPS) is 15.9. The molecule has 0 radical (unpaired) electrons. The average molecular weight is 359 g/mol. The Bertz CT molecular complexity index is 723. The number of aromatic nitrogens is 1. The summed E-state index contributed by atoms with van der Waals surface area (Å²) in [6.07, 6.45) is 5.42. The largest absolute Gasteiger partial charge is 0.441 e. The summed E-state index contributed by atoms with van der Waals surface area (Å²) in [5.74, 6) is 0.518. The van der Waals surface area contributed by atoms with Crippen LogP contribution in [0.5, 0.6) is 0 Å². The Kier molecular flexibility index (Phi) is 6.39. The van der Waals surface area contributed by atoms with Crippen LogP contribution in [0.2, 0.25) is 0 Å². The molecule has 0 unspecified atom stereocenters. The molecule has 1 N–H and O–H groups in total. The third-order valence-corrected chi connectivity index (χ3v) is 4.75. The fourth-order valence-corrected chi connectivity index (χ4v) is 3.35. The summed E-state index contributed by atoms with van der Waals surface area (Å²) in [5.41, 5.74) is 0.384. The highest BCUT2D eigenvalue weighted by Crippen LogP contribution is 2.23. The molecule has 1 amide bonds. The molecule has 1 aliphatic rings. The Morgan fingerprint density at radius 2 is 2.12 bits per heavy atom. The minimum absolute atomic E-state index is 0.0181. The van der Waals surface area contributed by atoms with Gasteiger partial charge in [0.05, 0.1) is 11.8 Å². The third kappa shape index (κ3) is 4.91. The summed E-state index contributed by atoms with van der Waals surface area (Å²) in [4.78, 5) is 18.8. The van der Waals surface area contributed by atoms with Gasteiger partial charge in [0.2, 0.25) is 5.91 Å². The number of halogens is 1. The number of oxazole rings is 1. The molecule has 0 spiro atoms. The number of amides is 1. The minimum atomic E-state index is -0.345. The molecule has 0 aliphatic carbocycles. The number of likely N-dealkylation sites (tertiary alicyclic amines) is 1. The molecule has 3 rings (SSSR count). The molecule has 0 atom stereocenters. The highest BCUT2D eigenvalue weighted by Gasteiger charge is 2.20. The predicted molar refractivity (Wildman–Crippen MR) is 98.1 cm³/mol. The van der Waals surface area contributed by atoms with Crippen molar-refractivity contribution in [3.05, 3.63) is 42.2 Å². The van der Waals surface area contributed by atoms with Gasteiger partial charge in [-0.25, -0.2) is 9.37 Å². The first kappa shape index (κ1) is 18.6. The van der Waals surface area contributed by atoms with Crippen LogP contribution < -0.4 is 5.32 Å². The Labute approximate surface area is 153 Å². The quantitative estimate of drug-likeness (QED) is 0.823. The van der Waals surface area contributed by atoms with Gasteiger partial charge in [0.25, 0.3) is 0 Å². The van der Waals surface area contributed by atoms with E-state index in [9.17, 15) is 9.18 Å². The van der Waals surface area contributed by atoms with Gasteiger partial charge in [-0.2, -0.15) is 0 Å². The van der Waals surface area contributed by atoms with Crippen LogP contribution in [0, 0.1) is 5.82 Å². The van der Waals surface area contributed by atoms with Crippen LogP contribution in [0.1, 0.15) is 38.5 Å². The zero-order valence-electron chi connectivity index (χ0n) is 15.2. The maximum atomic E-state index is 13.8. The molecule has 6 heteroatoms. The average Bonchev–Trinajstić information content (AvgIpc) is 3.11. The number of piperidine rings is 1. The molecule has 0 saturated carbocycles. The summed E-state index contributed by atoms with van der Waals surface area (Å²) in [6, 6.07) is 6.68. The summed E-state index contributed by atoms with van der Waals surface area (Å²) >= 11 is 0. The van der Waals surface area contributed by atoms with Crippen molar-refractivity contribution >= 4 is 5.91 Å². The van der Waals surface area contributed by atoms with E-state index >= 15 is 0 Å².